The lowest BCUT2D eigenvalue weighted by Crippen LogP contribution is -2.10. The van der Waals surface area contributed by atoms with E-state index in [0.29, 0.717) is 16.3 Å². The molecule has 0 aliphatic carbocycles. The summed E-state index contributed by atoms with van der Waals surface area (Å²) in [5.41, 5.74) is 1.34. The predicted octanol–water partition coefficient (Wildman–Crippen LogP) is 5.42. The molecule has 20 heavy (non-hydrogen) atoms. The fraction of sp³-hybridized carbons (Fsp3) is 0.200. The Hall–Kier alpha value is -1.26. The molecule has 2 aromatic rings. The Balaban J connectivity index is 2.30. The Kier molecular flexibility index (Phi) is 4.89. The zero-order valence-corrected chi connectivity index (χ0v) is 13.4. The molecule has 0 amide bonds. The number of ether oxygens (including phenoxy) is 1. The average Bonchev–Trinajstić information content (AvgIpc) is 2.41. The Labute approximate surface area is 131 Å². The van der Waals surface area contributed by atoms with Crippen molar-refractivity contribution in [2.45, 2.75) is 13.0 Å². The third-order valence-corrected chi connectivity index (χ3v) is 3.86. The highest BCUT2D eigenvalue weighted by molar-refractivity contribution is 9.10. The molecule has 0 aliphatic heterocycles. The van der Waals surface area contributed by atoms with Crippen molar-refractivity contribution in [3.63, 3.8) is 0 Å². The normalized spacial score (nSPS) is 12.1. The van der Waals surface area contributed by atoms with Crippen LogP contribution in [0.15, 0.2) is 40.9 Å². The molecule has 2 nitrogen and oxygen atoms in total. The quantitative estimate of drug-likeness (QED) is 0.787. The van der Waals surface area contributed by atoms with E-state index in [1.54, 1.807) is 24.3 Å². The summed E-state index contributed by atoms with van der Waals surface area (Å²) >= 11 is 9.34. The van der Waals surface area contributed by atoms with Crippen LogP contribution in [0, 0.1) is 5.82 Å². The third kappa shape index (κ3) is 3.25. The van der Waals surface area contributed by atoms with E-state index in [-0.39, 0.29) is 11.9 Å². The molecular weight excluding hydrogens is 345 g/mol. The Bertz CT molecular complexity index is 621. The second kappa shape index (κ2) is 6.46. The number of benzene rings is 2. The van der Waals surface area contributed by atoms with Crippen molar-refractivity contribution in [1.82, 2.24) is 0 Å². The molecule has 1 N–H and O–H groups in total. The van der Waals surface area contributed by atoms with Crippen LogP contribution >= 0.6 is 27.5 Å². The van der Waals surface area contributed by atoms with E-state index < -0.39 is 0 Å². The van der Waals surface area contributed by atoms with Crippen LogP contribution in [-0.2, 0) is 0 Å². The van der Waals surface area contributed by atoms with Crippen LogP contribution in [0.5, 0.6) is 5.75 Å². The van der Waals surface area contributed by atoms with Crippen molar-refractivity contribution >= 4 is 33.2 Å². The maximum absolute atomic E-state index is 14.0. The smallest absolute Gasteiger partial charge is 0.132 e. The minimum Gasteiger partial charge on any atom is -0.496 e. The highest BCUT2D eigenvalue weighted by Gasteiger charge is 2.17. The van der Waals surface area contributed by atoms with Gasteiger partial charge in [-0.2, -0.15) is 0 Å². The summed E-state index contributed by atoms with van der Waals surface area (Å²) in [6, 6.07) is 9.96. The second-order valence-electron chi connectivity index (χ2n) is 4.35. The topological polar surface area (TPSA) is 21.3 Å². The van der Waals surface area contributed by atoms with E-state index in [0.717, 1.165) is 10.2 Å². The Morgan fingerprint density at radius 1 is 1.30 bits per heavy atom. The van der Waals surface area contributed by atoms with Crippen molar-refractivity contribution in [3.05, 3.63) is 57.3 Å². The molecule has 0 spiro atoms. The number of hydrogen-bond donors (Lipinski definition) is 1. The van der Waals surface area contributed by atoms with Gasteiger partial charge in [0.1, 0.15) is 11.6 Å². The molecule has 0 radical (unpaired) electrons. The van der Waals surface area contributed by atoms with Crippen LogP contribution in [-0.4, -0.2) is 7.11 Å². The van der Waals surface area contributed by atoms with Gasteiger partial charge in [0.25, 0.3) is 0 Å². The molecule has 0 fully saturated rings. The van der Waals surface area contributed by atoms with Gasteiger partial charge in [-0.1, -0.05) is 17.7 Å². The predicted molar refractivity (Wildman–Crippen MR) is 84.1 cm³/mol. The fourth-order valence-electron chi connectivity index (χ4n) is 2.03. The minimum absolute atomic E-state index is 0.247. The number of anilines is 1. The van der Waals surface area contributed by atoms with Crippen molar-refractivity contribution < 1.29 is 9.13 Å². The maximum Gasteiger partial charge on any atom is 0.132 e. The lowest BCUT2D eigenvalue weighted by atomic mass is 10.1. The number of rotatable bonds is 4. The number of methoxy groups -OCH3 is 1. The maximum atomic E-state index is 14.0. The van der Waals surface area contributed by atoms with Gasteiger partial charge in [-0.05, 0) is 53.2 Å². The molecule has 0 saturated heterocycles. The lowest BCUT2D eigenvalue weighted by Gasteiger charge is -2.20. The van der Waals surface area contributed by atoms with Crippen LogP contribution in [0.3, 0.4) is 0 Å². The zero-order chi connectivity index (χ0) is 14.7. The summed E-state index contributed by atoms with van der Waals surface area (Å²) in [7, 11) is 1.53. The highest BCUT2D eigenvalue weighted by atomic mass is 79.9. The van der Waals surface area contributed by atoms with E-state index in [1.807, 2.05) is 13.0 Å². The number of hydrogen-bond acceptors (Lipinski definition) is 2. The van der Waals surface area contributed by atoms with E-state index in [2.05, 4.69) is 21.2 Å². The molecule has 0 aromatic heterocycles. The summed E-state index contributed by atoms with van der Waals surface area (Å²) in [5.74, 6) is 0.226. The standard InChI is InChI=1S/C15H14BrClFNO/c1-9(15-12(18)4-3-5-14(15)20-2)19-13-7-6-10(17)8-11(13)16/h3-9,19H,1-2H3. The molecule has 0 aliphatic rings. The van der Waals surface area contributed by atoms with Crippen LogP contribution < -0.4 is 10.1 Å². The van der Waals surface area contributed by atoms with Gasteiger partial charge in [-0.15, -0.1) is 0 Å². The molecule has 2 rings (SSSR count). The largest absolute Gasteiger partial charge is 0.496 e. The van der Waals surface area contributed by atoms with E-state index >= 15 is 0 Å². The second-order valence-corrected chi connectivity index (χ2v) is 5.64. The Morgan fingerprint density at radius 2 is 2.05 bits per heavy atom. The summed E-state index contributed by atoms with van der Waals surface area (Å²) in [6.45, 7) is 1.88. The third-order valence-electron chi connectivity index (χ3n) is 2.97. The van der Waals surface area contributed by atoms with Crippen LogP contribution in [0.4, 0.5) is 10.1 Å². The van der Waals surface area contributed by atoms with Gasteiger partial charge in [0.2, 0.25) is 0 Å². The monoisotopic (exact) mass is 357 g/mol. The zero-order valence-electron chi connectivity index (χ0n) is 11.1. The van der Waals surface area contributed by atoms with Crippen molar-refractivity contribution in [1.29, 1.82) is 0 Å². The molecule has 2 aromatic carbocycles. The minimum atomic E-state index is -0.297. The van der Waals surface area contributed by atoms with Gasteiger partial charge >= 0.3 is 0 Å². The van der Waals surface area contributed by atoms with Gasteiger partial charge in [0, 0.05) is 15.2 Å². The highest BCUT2D eigenvalue weighted by Crippen LogP contribution is 2.33. The van der Waals surface area contributed by atoms with Crippen LogP contribution in [0.2, 0.25) is 5.02 Å². The Morgan fingerprint density at radius 3 is 2.70 bits per heavy atom. The van der Waals surface area contributed by atoms with Gasteiger partial charge in [0.05, 0.1) is 18.7 Å². The molecule has 1 unspecified atom stereocenters. The number of nitrogens with one attached hydrogen (secondary N) is 1. The van der Waals surface area contributed by atoms with E-state index in [1.165, 1.54) is 13.2 Å². The molecule has 0 heterocycles. The summed E-state index contributed by atoms with van der Waals surface area (Å²) in [5, 5.41) is 3.88. The summed E-state index contributed by atoms with van der Waals surface area (Å²) in [6.07, 6.45) is 0. The van der Waals surface area contributed by atoms with Crippen LogP contribution in [0.25, 0.3) is 0 Å². The molecule has 0 bridgehead atoms. The first-order valence-corrected chi connectivity index (χ1v) is 7.24. The molecule has 5 heteroatoms. The first-order chi connectivity index (χ1) is 9.52. The molecule has 1 atom stereocenters. The lowest BCUT2D eigenvalue weighted by molar-refractivity contribution is 0.402. The number of halogens is 3. The van der Waals surface area contributed by atoms with Gasteiger partial charge in [0.15, 0.2) is 0 Å². The molecular formula is C15H14BrClFNO. The van der Waals surface area contributed by atoms with Gasteiger partial charge in [-0.25, -0.2) is 4.39 Å². The SMILES string of the molecule is COc1cccc(F)c1C(C)Nc1ccc(Cl)cc1Br. The average molecular weight is 359 g/mol. The summed E-state index contributed by atoms with van der Waals surface area (Å²) < 4.78 is 20.0. The fourth-order valence-corrected chi connectivity index (χ4v) is 2.82. The van der Waals surface area contributed by atoms with Crippen molar-refractivity contribution in [2.24, 2.45) is 0 Å². The van der Waals surface area contributed by atoms with E-state index in [9.17, 15) is 4.39 Å². The summed E-state index contributed by atoms with van der Waals surface area (Å²) in [4.78, 5) is 0. The first-order valence-electron chi connectivity index (χ1n) is 6.07. The van der Waals surface area contributed by atoms with Crippen LogP contribution in [0.1, 0.15) is 18.5 Å². The van der Waals surface area contributed by atoms with Gasteiger partial charge < -0.3 is 10.1 Å². The van der Waals surface area contributed by atoms with Crippen molar-refractivity contribution in [3.8, 4) is 5.75 Å². The molecule has 0 saturated carbocycles. The van der Waals surface area contributed by atoms with Crippen molar-refractivity contribution in [2.75, 3.05) is 12.4 Å². The first kappa shape index (κ1) is 15.1. The molecule has 106 valence electrons. The van der Waals surface area contributed by atoms with Gasteiger partial charge in [-0.3, -0.25) is 0 Å². The van der Waals surface area contributed by atoms with E-state index in [4.69, 9.17) is 16.3 Å².